The average Bonchev–Trinajstić information content (AvgIpc) is 3.37. The lowest BCUT2D eigenvalue weighted by molar-refractivity contribution is 0.623. The Kier molecular flexibility index (Phi) is 4.09. The van der Waals surface area contributed by atoms with Crippen LogP contribution in [0.5, 0.6) is 0 Å². The van der Waals surface area contributed by atoms with Crippen LogP contribution in [0.3, 0.4) is 0 Å². The van der Waals surface area contributed by atoms with Crippen LogP contribution in [-0.2, 0) is 6.54 Å². The zero-order valence-electron chi connectivity index (χ0n) is 15.1. The Morgan fingerprint density at radius 2 is 1.72 bits per heavy atom. The molecule has 0 atom stereocenters. The van der Waals surface area contributed by atoms with Crippen molar-refractivity contribution in [3.8, 4) is 28.2 Å². The number of rotatable bonds is 4. The first kappa shape index (κ1) is 17.2. The minimum absolute atomic E-state index is 0.300. The van der Waals surface area contributed by atoms with Gasteiger partial charge in [-0.2, -0.15) is 0 Å². The second kappa shape index (κ2) is 6.90. The molecule has 3 heterocycles. The van der Waals surface area contributed by atoms with Gasteiger partial charge in [0.1, 0.15) is 29.3 Å². The van der Waals surface area contributed by atoms with E-state index in [0.717, 1.165) is 11.4 Å². The third kappa shape index (κ3) is 3.25. The summed E-state index contributed by atoms with van der Waals surface area (Å²) in [6, 6.07) is 12.3. The fourth-order valence-corrected chi connectivity index (χ4v) is 3.26. The summed E-state index contributed by atoms with van der Waals surface area (Å²) in [5.41, 5.74) is 3.55. The topological polar surface area (TPSA) is 61.4 Å². The minimum atomic E-state index is -0.452. The molecule has 0 saturated heterocycles. The van der Waals surface area contributed by atoms with Gasteiger partial charge in [0.2, 0.25) is 0 Å². The number of benzene rings is 2. The van der Waals surface area contributed by atoms with Gasteiger partial charge in [-0.15, -0.1) is 5.10 Å². The van der Waals surface area contributed by atoms with Crippen LogP contribution >= 0.6 is 0 Å². The molecule has 0 saturated carbocycles. The van der Waals surface area contributed by atoms with Crippen molar-refractivity contribution in [1.29, 1.82) is 0 Å². The normalized spacial score (nSPS) is 11.2. The van der Waals surface area contributed by atoms with E-state index in [-0.39, 0.29) is 0 Å². The van der Waals surface area contributed by atoms with Crippen molar-refractivity contribution >= 4 is 0 Å². The molecule has 2 aliphatic heterocycles. The second-order valence-electron chi connectivity index (χ2n) is 6.56. The second-order valence-corrected chi connectivity index (χ2v) is 6.56. The molecule has 0 amide bonds. The lowest BCUT2D eigenvalue weighted by Crippen LogP contribution is -2.01. The maximum Gasteiger partial charge on any atom is 0.131 e. The van der Waals surface area contributed by atoms with Crippen LogP contribution in [-0.4, -0.2) is 29.5 Å². The molecule has 0 spiro atoms. The summed E-state index contributed by atoms with van der Waals surface area (Å²) in [7, 11) is 0. The molecule has 3 aromatic rings. The van der Waals surface area contributed by atoms with Gasteiger partial charge < -0.3 is 4.57 Å². The molecule has 6 nitrogen and oxygen atoms in total. The summed E-state index contributed by atoms with van der Waals surface area (Å²) in [5, 5.41) is 8.36. The van der Waals surface area contributed by atoms with E-state index in [2.05, 4.69) is 20.3 Å². The highest BCUT2D eigenvalue weighted by Gasteiger charge is 2.14. The Bertz CT molecular complexity index is 1280. The van der Waals surface area contributed by atoms with E-state index in [1.165, 1.54) is 29.2 Å². The summed E-state index contributed by atoms with van der Waals surface area (Å²) in [4.78, 5) is 8.34. The number of imidazole rings is 1. The molecule has 0 bridgehead atoms. The lowest BCUT2D eigenvalue weighted by atomic mass is 10.0. The van der Waals surface area contributed by atoms with Crippen LogP contribution in [0.25, 0.3) is 28.2 Å². The molecule has 142 valence electrons. The van der Waals surface area contributed by atoms with E-state index in [1.807, 2.05) is 23.0 Å². The van der Waals surface area contributed by atoms with E-state index in [4.69, 9.17) is 0 Å². The van der Waals surface area contributed by atoms with Gasteiger partial charge in [0, 0.05) is 23.5 Å². The molecule has 0 unspecified atom stereocenters. The average molecular weight is 388 g/mol. The van der Waals surface area contributed by atoms with E-state index in [0.29, 0.717) is 29.1 Å². The molecule has 8 heteroatoms. The smallest absolute Gasteiger partial charge is 0.131 e. The van der Waals surface area contributed by atoms with Gasteiger partial charge in [-0.25, -0.2) is 23.4 Å². The van der Waals surface area contributed by atoms with Crippen molar-refractivity contribution in [2.75, 3.05) is 0 Å². The fraction of sp³-hybridized carbons (Fsp3) is 0.0476. The van der Waals surface area contributed by atoms with Crippen LogP contribution in [0.4, 0.5) is 8.78 Å². The third-order valence-corrected chi connectivity index (χ3v) is 4.62. The molecular formula is C21H14F2N6. The molecular weight excluding hydrogens is 374 g/mol. The SMILES string of the molecule is Fc1ccc(-n2cc(Cn3ccc4ncnc-4c3)nn2)c(-c2ccccc2F)c1. The number of nitrogens with zero attached hydrogens (tertiary/aromatic N) is 6. The molecule has 1 aromatic heterocycles. The number of aromatic nitrogens is 6. The lowest BCUT2D eigenvalue weighted by Gasteiger charge is -2.10. The summed E-state index contributed by atoms with van der Waals surface area (Å²) < 4.78 is 31.7. The van der Waals surface area contributed by atoms with Gasteiger partial charge in [0.05, 0.1) is 24.1 Å². The van der Waals surface area contributed by atoms with Crippen molar-refractivity contribution in [2.24, 2.45) is 0 Å². The first-order chi connectivity index (χ1) is 14.2. The predicted octanol–water partition coefficient (Wildman–Crippen LogP) is 3.96. The molecule has 2 aliphatic rings. The predicted molar refractivity (Wildman–Crippen MR) is 102 cm³/mol. The Morgan fingerprint density at radius 1 is 0.862 bits per heavy atom. The minimum Gasteiger partial charge on any atom is -0.346 e. The summed E-state index contributed by atoms with van der Waals surface area (Å²) in [5.74, 6) is -0.883. The van der Waals surface area contributed by atoms with Crippen LogP contribution in [0.1, 0.15) is 5.69 Å². The van der Waals surface area contributed by atoms with Gasteiger partial charge in [-0.05, 0) is 30.3 Å². The van der Waals surface area contributed by atoms with Gasteiger partial charge in [-0.1, -0.05) is 23.4 Å². The van der Waals surface area contributed by atoms with Crippen LogP contribution in [0.15, 0.2) is 73.4 Å². The Labute approximate surface area is 164 Å². The van der Waals surface area contributed by atoms with E-state index < -0.39 is 11.6 Å². The van der Waals surface area contributed by atoms with Crippen molar-refractivity contribution < 1.29 is 8.78 Å². The standard InChI is InChI=1S/C21H14F2N6/c22-14-5-6-21(17(9-14)16-3-1-2-4-18(16)23)29-11-15(26-27-29)10-28-8-7-19-20(12-28)25-13-24-19/h1-9,11-13H,10H2. The molecule has 0 radical (unpaired) electrons. The Balaban J connectivity index is 1.51. The molecule has 0 N–H and O–H groups in total. The molecule has 0 aliphatic carbocycles. The zero-order valence-corrected chi connectivity index (χ0v) is 15.1. The van der Waals surface area contributed by atoms with Crippen LogP contribution in [0, 0.1) is 11.6 Å². The quantitative estimate of drug-likeness (QED) is 0.468. The van der Waals surface area contributed by atoms with Crippen molar-refractivity contribution in [2.45, 2.75) is 6.54 Å². The van der Waals surface area contributed by atoms with Gasteiger partial charge in [0.15, 0.2) is 0 Å². The fourth-order valence-electron chi connectivity index (χ4n) is 3.26. The highest BCUT2D eigenvalue weighted by atomic mass is 19.1. The van der Waals surface area contributed by atoms with Crippen molar-refractivity contribution in [1.82, 2.24) is 29.5 Å². The number of hydrogen-bond acceptors (Lipinski definition) is 4. The summed E-state index contributed by atoms with van der Waals surface area (Å²) >= 11 is 0. The Hall–Kier alpha value is -3.94. The zero-order chi connectivity index (χ0) is 19.8. The number of fused-ring (bicyclic) bond motifs is 1. The summed E-state index contributed by atoms with van der Waals surface area (Å²) in [6.45, 7) is 0.471. The molecule has 5 rings (SSSR count). The maximum absolute atomic E-state index is 14.3. The van der Waals surface area contributed by atoms with Gasteiger partial charge in [0.25, 0.3) is 0 Å². The number of hydrogen-bond donors (Lipinski definition) is 0. The van der Waals surface area contributed by atoms with E-state index in [9.17, 15) is 8.78 Å². The monoisotopic (exact) mass is 388 g/mol. The van der Waals surface area contributed by atoms with Crippen LogP contribution in [0.2, 0.25) is 0 Å². The van der Waals surface area contributed by atoms with Crippen molar-refractivity contribution in [3.05, 3.63) is 90.8 Å². The molecule has 29 heavy (non-hydrogen) atoms. The largest absolute Gasteiger partial charge is 0.346 e. The molecule has 0 fully saturated rings. The third-order valence-electron chi connectivity index (χ3n) is 4.62. The van der Waals surface area contributed by atoms with Gasteiger partial charge >= 0.3 is 0 Å². The number of pyridine rings is 1. The van der Waals surface area contributed by atoms with E-state index >= 15 is 0 Å². The highest BCUT2D eigenvalue weighted by molar-refractivity contribution is 5.73. The first-order valence-corrected chi connectivity index (χ1v) is 8.90. The van der Waals surface area contributed by atoms with Crippen LogP contribution < -0.4 is 0 Å². The highest BCUT2D eigenvalue weighted by Crippen LogP contribution is 2.29. The first-order valence-electron chi connectivity index (χ1n) is 8.90. The number of halogens is 2. The van der Waals surface area contributed by atoms with E-state index in [1.54, 1.807) is 30.5 Å². The Morgan fingerprint density at radius 3 is 2.62 bits per heavy atom. The molecule has 2 aromatic carbocycles. The van der Waals surface area contributed by atoms with Crippen molar-refractivity contribution in [3.63, 3.8) is 0 Å². The van der Waals surface area contributed by atoms with Gasteiger partial charge in [-0.3, -0.25) is 0 Å². The maximum atomic E-state index is 14.3. The summed E-state index contributed by atoms with van der Waals surface area (Å²) in [6.07, 6.45) is 7.03.